The first kappa shape index (κ1) is 28.3. The van der Waals surface area contributed by atoms with Crippen molar-refractivity contribution in [3.8, 4) is 0 Å². The minimum atomic E-state index is 0.601. The van der Waals surface area contributed by atoms with Crippen molar-refractivity contribution < 1.29 is 0 Å². The highest BCUT2D eigenvalue weighted by Crippen LogP contribution is 2.06. The zero-order valence-electron chi connectivity index (χ0n) is 20.6. The highest BCUT2D eigenvalue weighted by atomic mass is 32.1. The van der Waals surface area contributed by atoms with Gasteiger partial charge in [0.1, 0.15) is 0 Å². The molecule has 0 spiro atoms. The van der Waals surface area contributed by atoms with Gasteiger partial charge in [0.2, 0.25) is 0 Å². The standard InChI is InChI=1S/C27H33N7S3/c35-25(31-22-10-4-1-5-11-22)28-16-19-34(20-17-29-26(36)32-23-12-6-2-7-13-23)21-18-30-27(37)33-24-14-8-3-9-15-24/h1-15H,16-21H2,(H2,28,31,35)(H2,29,32,36)(H2,30,33,37). The molecule has 0 aliphatic carbocycles. The van der Waals surface area contributed by atoms with Crippen LogP contribution in [0.4, 0.5) is 17.1 Å². The van der Waals surface area contributed by atoms with E-state index in [1.807, 2.05) is 91.0 Å². The first-order chi connectivity index (χ1) is 18.1. The smallest absolute Gasteiger partial charge is 0.170 e. The zero-order valence-corrected chi connectivity index (χ0v) is 23.0. The third-order valence-corrected chi connectivity index (χ3v) is 5.97. The topological polar surface area (TPSA) is 75.4 Å². The van der Waals surface area contributed by atoms with Crippen LogP contribution >= 0.6 is 36.7 Å². The summed E-state index contributed by atoms with van der Waals surface area (Å²) in [6, 6.07) is 29.7. The van der Waals surface area contributed by atoms with Crippen molar-refractivity contribution in [1.29, 1.82) is 0 Å². The van der Waals surface area contributed by atoms with Gasteiger partial charge < -0.3 is 31.9 Å². The van der Waals surface area contributed by atoms with Crippen molar-refractivity contribution >= 4 is 69.1 Å². The molecule has 0 aliphatic rings. The maximum Gasteiger partial charge on any atom is 0.170 e. The predicted molar refractivity (Wildman–Crippen MR) is 168 cm³/mol. The molecule has 194 valence electrons. The van der Waals surface area contributed by atoms with Crippen molar-refractivity contribution in [1.82, 2.24) is 20.9 Å². The van der Waals surface area contributed by atoms with Crippen LogP contribution in [0.15, 0.2) is 91.0 Å². The normalized spacial score (nSPS) is 10.3. The fourth-order valence-electron chi connectivity index (χ4n) is 3.41. The third-order valence-electron chi connectivity index (χ3n) is 5.24. The summed E-state index contributed by atoms with van der Waals surface area (Å²) in [7, 11) is 0. The molecule has 6 N–H and O–H groups in total. The molecule has 0 amide bonds. The van der Waals surface area contributed by atoms with Gasteiger partial charge in [-0.15, -0.1) is 0 Å². The van der Waals surface area contributed by atoms with Gasteiger partial charge in [0.05, 0.1) is 0 Å². The first-order valence-electron chi connectivity index (χ1n) is 12.1. The van der Waals surface area contributed by atoms with Crippen LogP contribution < -0.4 is 31.9 Å². The third kappa shape index (κ3) is 12.0. The molecule has 0 aliphatic heterocycles. The number of thiocarbonyl (C=S) groups is 3. The quantitative estimate of drug-likeness (QED) is 0.184. The van der Waals surface area contributed by atoms with Crippen LogP contribution in [-0.4, -0.2) is 59.5 Å². The van der Waals surface area contributed by atoms with Gasteiger partial charge in [-0.3, -0.25) is 4.90 Å². The number of rotatable bonds is 12. The molecule has 37 heavy (non-hydrogen) atoms. The summed E-state index contributed by atoms with van der Waals surface area (Å²) >= 11 is 16.3. The van der Waals surface area contributed by atoms with Crippen LogP contribution in [0.1, 0.15) is 0 Å². The Hall–Kier alpha value is -3.31. The molecule has 0 heterocycles. The van der Waals surface area contributed by atoms with Crippen LogP contribution in [0.3, 0.4) is 0 Å². The van der Waals surface area contributed by atoms with E-state index in [1.54, 1.807) is 0 Å². The highest BCUT2D eigenvalue weighted by molar-refractivity contribution is 7.80. The summed E-state index contributed by atoms with van der Waals surface area (Å²) in [5.74, 6) is 0. The Bertz CT molecular complexity index is 957. The maximum absolute atomic E-state index is 5.44. The molecule has 0 saturated heterocycles. The van der Waals surface area contributed by atoms with E-state index >= 15 is 0 Å². The van der Waals surface area contributed by atoms with Crippen molar-refractivity contribution in [3.63, 3.8) is 0 Å². The first-order valence-corrected chi connectivity index (χ1v) is 13.3. The molecule has 0 fully saturated rings. The van der Waals surface area contributed by atoms with Crippen molar-refractivity contribution in [2.75, 3.05) is 55.2 Å². The predicted octanol–water partition coefficient (Wildman–Crippen LogP) is 4.25. The molecule has 3 aromatic rings. The van der Waals surface area contributed by atoms with E-state index in [9.17, 15) is 0 Å². The van der Waals surface area contributed by atoms with E-state index in [-0.39, 0.29) is 0 Å². The van der Waals surface area contributed by atoms with Crippen LogP contribution in [0.2, 0.25) is 0 Å². The lowest BCUT2D eigenvalue weighted by Crippen LogP contribution is -2.44. The summed E-state index contributed by atoms with van der Waals surface area (Å²) in [6.07, 6.45) is 0. The SMILES string of the molecule is S=C(NCCN(CCNC(=S)Nc1ccccc1)CCNC(=S)Nc1ccccc1)Nc1ccccc1. The zero-order chi connectivity index (χ0) is 26.1. The molecule has 0 atom stereocenters. The minimum Gasteiger partial charge on any atom is -0.361 e. The summed E-state index contributed by atoms with van der Waals surface area (Å²) in [5.41, 5.74) is 2.89. The van der Waals surface area contributed by atoms with Crippen molar-refractivity contribution in [2.24, 2.45) is 0 Å². The Morgan fingerprint density at radius 1 is 0.459 bits per heavy atom. The van der Waals surface area contributed by atoms with Crippen molar-refractivity contribution in [2.45, 2.75) is 0 Å². The number of nitrogens with zero attached hydrogens (tertiary/aromatic N) is 1. The fraction of sp³-hybridized carbons (Fsp3) is 0.222. The van der Waals surface area contributed by atoms with E-state index in [1.165, 1.54) is 0 Å². The molecule has 0 saturated carbocycles. The molecular formula is C27H33N7S3. The van der Waals surface area contributed by atoms with E-state index in [2.05, 4.69) is 36.8 Å². The second-order valence-electron chi connectivity index (χ2n) is 8.08. The molecule has 3 aromatic carbocycles. The highest BCUT2D eigenvalue weighted by Gasteiger charge is 2.07. The number of para-hydroxylation sites is 3. The minimum absolute atomic E-state index is 0.601. The average molecular weight is 552 g/mol. The molecule has 10 heteroatoms. The molecule has 0 unspecified atom stereocenters. The van der Waals surface area contributed by atoms with Crippen molar-refractivity contribution in [3.05, 3.63) is 91.0 Å². The van der Waals surface area contributed by atoms with Crippen LogP contribution in [-0.2, 0) is 0 Å². The Balaban J connectivity index is 1.42. The van der Waals surface area contributed by atoms with E-state index in [0.29, 0.717) is 35.0 Å². The van der Waals surface area contributed by atoms with Gasteiger partial charge in [-0.25, -0.2) is 0 Å². The van der Waals surface area contributed by atoms with Gasteiger partial charge in [0.25, 0.3) is 0 Å². The summed E-state index contributed by atoms with van der Waals surface area (Å²) in [5, 5.41) is 21.3. The lowest BCUT2D eigenvalue weighted by molar-refractivity contribution is 0.286. The number of anilines is 3. The van der Waals surface area contributed by atoms with E-state index in [0.717, 1.165) is 36.7 Å². The van der Waals surface area contributed by atoms with Gasteiger partial charge in [0.15, 0.2) is 15.3 Å². The molecule has 3 rings (SSSR count). The molecule has 7 nitrogen and oxygen atoms in total. The summed E-state index contributed by atoms with van der Waals surface area (Å²) in [6.45, 7) is 4.53. The van der Waals surface area contributed by atoms with Gasteiger partial charge in [-0.2, -0.15) is 0 Å². The maximum atomic E-state index is 5.44. The molecular weight excluding hydrogens is 519 g/mol. The van der Waals surface area contributed by atoms with E-state index in [4.69, 9.17) is 36.7 Å². The van der Waals surface area contributed by atoms with Crippen LogP contribution in [0.25, 0.3) is 0 Å². The number of nitrogens with one attached hydrogen (secondary N) is 6. The largest absolute Gasteiger partial charge is 0.361 e. The van der Waals surface area contributed by atoms with E-state index < -0.39 is 0 Å². The lowest BCUT2D eigenvalue weighted by atomic mass is 10.3. The monoisotopic (exact) mass is 551 g/mol. The Kier molecular flexibility index (Phi) is 12.6. The second-order valence-corrected chi connectivity index (χ2v) is 9.31. The van der Waals surface area contributed by atoms with Gasteiger partial charge in [0, 0.05) is 56.3 Å². The summed E-state index contributed by atoms with van der Waals surface area (Å²) in [4.78, 5) is 2.33. The molecule has 0 radical (unpaired) electrons. The lowest BCUT2D eigenvalue weighted by Gasteiger charge is -2.24. The Morgan fingerprint density at radius 3 is 1.00 bits per heavy atom. The van der Waals surface area contributed by atoms with Gasteiger partial charge in [-0.05, 0) is 73.1 Å². The molecule has 0 bridgehead atoms. The number of hydrogen-bond acceptors (Lipinski definition) is 4. The Morgan fingerprint density at radius 2 is 0.730 bits per heavy atom. The second kappa shape index (κ2) is 16.4. The number of benzene rings is 3. The summed E-state index contributed by atoms with van der Waals surface area (Å²) < 4.78 is 0. The van der Waals surface area contributed by atoms with Gasteiger partial charge in [-0.1, -0.05) is 54.6 Å². The van der Waals surface area contributed by atoms with Gasteiger partial charge >= 0.3 is 0 Å². The molecule has 0 aromatic heterocycles. The average Bonchev–Trinajstić information content (AvgIpc) is 2.90. The van der Waals surface area contributed by atoms with Crippen LogP contribution in [0.5, 0.6) is 0 Å². The van der Waals surface area contributed by atoms with Crippen LogP contribution in [0, 0.1) is 0 Å². The fourth-order valence-corrected chi connectivity index (χ4v) is 4.07. The Labute approximate surface area is 235 Å². The number of hydrogen-bond donors (Lipinski definition) is 6.